The fourth-order valence-electron chi connectivity index (χ4n) is 5.79. The Balaban J connectivity index is 1.34. The molecular weight excluding hydrogens is 625 g/mol. The Hall–Kier alpha value is -4.68. The second-order valence-electron chi connectivity index (χ2n) is 11.3. The number of esters is 1. The number of hydrogen-bond donors (Lipinski definition) is 1. The van der Waals surface area contributed by atoms with E-state index in [1.807, 2.05) is 62.3 Å². The second kappa shape index (κ2) is 12.6. The second-order valence-corrected chi connectivity index (χ2v) is 13.5. The zero-order chi connectivity index (χ0) is 32.7. The number of carbonyl (C=O) groups is 4. The van der Waals surface area contributed by atoms with Crippen molar-refractivity contribution in [2.45, 2.75) is 36.6 Å². The van der Waals surface area contributed by atoms with E-state index in [4.69, 9.17) is 4.74 Å². The molecule has 1 saturated heterocycles. The molecule has 236 valence electrons. The average molecular weight is 657 g/mol. The number of fused-ring (bicyclic) bond motifs is 2. The summed E-state index contributed by atoms with van der Waals surface area (Å²) in [6.45, 7) is 3.62. The molecule has 3 aromatic carbocycles. The van der Waals surface area contributed by atoms with Crippen molar-refractivity contribution in [3.05, 3.63) is 104 Å². The third-order valence-corrected chi connectivity index (χ3v) is 10.7. The molecule has 0 aliphatic carbocycles. The lowest BCUT2D eigenvalue weighted by Gasteiger charge is -2.31. The summed E-state index contributed by atoms with van der Waals surface area (Å²) in [6, 6.07) is 21.3. The predicted molar refractivity (Wildman–Crippen MR) is 179 cm³/mol. The Labute approximate surface area is 274 Å². The lowest BCUT2D eigenvalue weighted by Crippen LogP contribution is -2.33. The van der Waals surface area contributed by atoms with Crippen LogP contribution in [0.5, 0.6) is 0 Å². The van der Waals surface area contributed by atoms with E-state index in [9.17, 15) is 24.0 Å². The number of benzene rings is 3. The average Bonchev–Trinajstić information content (AvgIpc) is 3.48. The molecule has 10 nitrogen and oxygen atoms in total. The first-order valence-corrected chi connectivity index (χ1v) is 16.5. The van der Waals surface area contributed by atoms with Crippen molar-refractivity contribution in [1.29, 1.82) is 0 Å². The zero-order valence-corrected chi connectivity index (χ0v) is 27.3. The first kappa shape index (κ1) is 31.3. The third kappa shape index (κ3) is 5.74. The quantitative estimate of drug-likeness (QED) is 0.210. The highest BCUT2D eigenvalue weighted by molar-refractivity contribution is 8.00. The van der Waals surface area contributed by atoms with Gasteiger partial charge in [0.15, 0.2) is 0 Å². The van der Waals surface area contributed by atoms with Gasteiger partial charge in [0.1, 0.15) is 11.8 Å². The number of aryl methyl sites for hydroxylation is 1. The molecule has 3 atom stereocenters. The molecule has 0 saturated carbocycles. The van der Waals surface area contributed by atoms with Gasteiger partial charge in [-0.2, -0.15) is 0 Å². The first-order chi connectivity index (χ1) is 22.1. The van der Waals surface area contributed by atoms with Crippen LogP contribution in [-0.4, -0.2) is 54.2 Å². The van der Waals surface area contributed by atoms with Gasteiger partial charge in [-0.05, 0) is 67.9 Å². The van der Waals surface area contributed by atoms with E-state index < -0.39 is 29.0 Å². The highest BCUT2D eigenvalue weighted by atomic mass is 32.2. The smallest absolute Gasteiger partial charge is 0.338 e. The van der Waals surface area contributed by atoms with E-state index in [0.717, 1.165) is 28.2 Å². The first-order valence-electron chi connectivity index (χ1n) is 14.8. The van der Waals surface area contributed by atoms with Crippen LogP contribution in [0.3, 0.4) is 0 Å². The molecule has 3 amide bonds. The lowest BCUT2D eigenvalue weighted by atomic mass is 9.83. The van der Waals surface area contributed by atoms with Gasteiger partial charge in [0.05, 0.1) is 28.8 Å². The number of anilines is 3. The van der Waals surface area contributed by atoms with Crippen LogP contribution in [0.4, 0.5) is 17.1 Å². The number of ether oxygens (including phenoxy) is 1. The third-order valence-electron chi connectivity index (χ3n) is 8.09. The van der Waals surface area contributed by atoms with E-state index in [0.29, 0.717) is 26.8 Å². The van der Waals surface area contributed by atoms with Gasteiger partial charge in [0.25, 0.3) is 0 Å². The van der Waals surface area contributed by atoms with Crippen molar-refractivity contribution >= 4 is 63.9 Å². The molecule has 4 aromatic rings. The molecule has 0 bridgehead atoms. The van der Waals surface area contributed by atoms with E-state index in [-0.39, 0.29) is 29.8 Å². The highest BCUT2D eigenvalue weighted by Gasteiger charge is 2.56. The van der Waals surface area contributed by atoms with E-state index in [1.165, 1.54) is 21.2 Å². The Kier molecular flexibility index (Phi) is 8.58. The van der Waals surface area contributed by atoms with Crippen molar-refractivity contribution < 1.29 is 23.9 Å². The summed E-state index contributed by atoms with van der Waals surface area (Å²) in [7, 11) is 3.87. The summed E-state index contributed by atoms with van der Waals surface area (Å²) in [6.07, 6.45) is 0. The Morgan fingerprint density at radius 1 is 0.913 bits per heavy atom. The molecule has 0 radical (unpaired) electrons. The van der Waals surface area contributed by atoms with Crippen molar-refractivity contribution in [2.75, 3.05) is 35.8 Å². The SMILES string of the molecule is CCOC(=O)c1ccc(NC(=O)Cn2c3c(sc2=O)C(c2ccc(N(C)C)cc2)C2C(=O)N(c4ccc(C)cc4)C(=O)C2S3)cc1. The van der Waals surface area contributed by atoms with Crippen LogP contribution in [0.25, 0.3) is 0 Å². The van der Waals surface area contributed by atoms with Crippen LogP contribution in [0.2, 0.25) is 0 Å². The number of hydrogen-bond acceptors (Lipinski definition) is 9. The predicted octanol–water partition coefficient (Wildman–Crippen LogP) is 4.90. The molecule has 6 rings (SSSR count). The summed E-state index contributed by atoms with van der Waals surface area (Å²) in [5, 5.41) is 2.51. The molecule has 2 aliphatic heterocycles. The largest absolute Gasteiger partial charge is 0.462 e. The van der Waals surface area contributed by atoms with Crippen LogP contribution < -0.4 is 20.0 Å². The number of thioether (sulfide) groups is 1. The molecule has 46 heavy (non-hydrogen) atoms. The Morgan fingerprint density at radius 2 is 1.59 bits per heavy atom. The number of imide groups is 1. The molecule has 1 N–H and O–H groups in total. The van der Waals surface area contributed by atoms with E-state index in [1.54, 1.807) is 43.3 Å². The number of aromatic nitrogens is 1. The molecule has 1 fully saturated rings. The number of amides is 3. The highest BCUT2D eigenvalue weighted by Crippen LogP contribution is 2.54. The summed E-state index contributed by atoms with van der Waals surface area (Å²) >= 11 is 2.18. The lowest BCUT2D eigenvalue weighted by molar-refractivity contribution is -0.122. The van der Waals surface area contributed by atoms with Crippen molar-refractivity contribution in [3.8, 4) is 0 Å². The van der Waals surface area contributed by atoms with Gasteiger partial charge in [0.2, 0.25) is 17.7 Å². The minimum absolute atomic E-state index is 0.253. The van der Waals surface area contributed by atoms with Gasteiger partial charge in [0, 0.05) is 36.3 Å². The maximum absolute atomic E-state index is 14.1. The van der Waals surface area contributed by atoms with Crippen LogP contribution in [-0.2, 0) is 25.7 Å². The van der Waals surface area contributed by atoms with Crippen LogP contribution in [0, 0.1) is 12.8 Å². The number of nitrogens with one attached hydrogen (secondary N) is 1. The van der Waals surface area contributed by atoms with Crippen LogP contribution in [0.15, 0.2) is 82.6 Å². The van der Waals surface area contributed by atoms with E-state index in [2.05, 4.69) is 5.32 Å². The topological polar surface area (TPSA) is 118 Å². The van der Waals surface area contributed by atoms with Gasteiger partial charge in [-0.3, -0.25) is 23.7 Å². The summed E-state index contributed by atoms with van der Waals surface area (Å²) in [4.78, 5) is 70.2. The maximum Gasteiger partial charge on any atom is 0.338 e. The minimum atomic E-state index is -0.779. The molecule has 1 aromatic heterocycles. The Morgan fingerprint density at radius 3 is 2.22 bits per heavy atom. The van der Waals surface area contributed by atoms with Crippen molar-refractivity contribution in [1.82, 2.24) is 4.57 Å². The van der Waals surface area contributed by atoms with Crippen LogP contribution >= 0.6 is 23.1 Å². The molecule has 2 aliphatic rings. The van der Waals surface area contributed by atoms with Gasteiger partial charge in [-0.1, -0.05) is 52.9 Å². The number of rotatable bonds is 8. The molecule has 3 unspecified atom stereocenters. The molecular formula is C34H32N4O6S2. The van der Waals surface area contributed by atoms with Crippen molar-refractivity contribution in [2.24, 2.45) is 5.92 Å². The fourth-order valence-corrected chi connectivity index (χ4v) is 8.56. The van der Waals surface area contributed by atoms with Gasteiger partial charge in [-0.25, -0.2) is 9.69 Å². The number of nitrogens with zero attached hydrogens (tertiary/aromatic N) is 3. The molecule has 12 heteroatoms. The Bertz CT molecular complexity index is 1880. The zero-order valence-electron chi connectivity index (χ0n) is 25.7. The fraction of sp³-hybridized carbons (Fsp3) is 0.265. The minimum Gasteiger partial charge on any atom is -0.462 e. The maximum atomic E-state index is 14.1. The standard InChI is InChI=1S/C34H32N4O6S2/c1-5-44-33(42)21-8-12-22(13-9-21)35-25(39)18-37-32-29(46-34(37)43)26(20-10-16-23(17-11-20)36(3)4)27-28(45-32)31(41)38(30(27)40)24-14-6-19(2)7-15-24/h6-17,26-28H,5,18H2,1-4H3,(H,35,39). The summed E-state index contributed by atoms with van der Waals surface area (Å²) in [5.74, 6) is -2.84. The van der Waals surface area contributed by atoms with E-state index >= 15 is 0 Å². The van der Waals surface area contributed by atoms with Crippen molar-refractivity contribution in [3.63, 3.8) is 0 Å². The number of thiazole rings is 1. The molecule has 3 heterocycles. The molecule has 0 spiro atoms. The summed E-state index contributed by atoms with van der Waals surface area (Å²) < 4.78 is 6.39. The number of carbonyl (C=O) groups excluding carboxylic acids is 4. The monoisotopic (exact) mass is 656 g/mol. The van der Waals surface area contributed by atoms with Crippen LogP contribution in [0.1, 0.15) is 39.2 Å². The van der Waals surface area contributed by atoms with Gasteiger partial charge in [-0.15, -0.1) is 0 Å². The van der Waals surface area contributed by atoms with Gasteiger partial charge < -0.3 is 15.0 Å². The normalized spacial score (nSPS) is 18.6. The summed E-state index contributed by atoms with van der Waals surface area (Å²) in [5.41, 5.74) is 4.10. The van der Waals surface area contributed by atoms with Gasteiger partial charge >= 0.3 is 10.8 Å².